The van der Waals surface area contributed by atoms with Gasteiger partial charge in [-0.05, 0) is 49.9 Å². The molecule has 1 aromatic carbocycles. The quantitative estimate of drug-likeness (QED) is 0.464. The molecule has 4 aromatic rings. The monoisotopic (exact) mass is 453 g/mol. The van der Waals surface area contributed by atoms with Crippen LogP contribution in [0.1, 0.15) is 50.1 Å². The maximum absolute atomic E-state index is 9.21. The minimum Gasteiger partial charge on any atom is -0.381 e. The Morgan fingerprint density at radius 1 is 1.06 bits per heavy atom. The zero-order valence-electron chi connectivity index (χ0n) is 19.0. The molecule has 1 saturated heterocycles. The molecule has 3 aromatic heterocycles. The maximum Gasteiger partial charge on any atom is 0.236 e. The van der Waals surface area contributed by atoms with Gasteiger partial charge in [-0.15, -0.1) is 0 Å². The zero-order chi connectivity index (χ0) is 22.9. The Balaban J connectivity index is 1.38. The Hall–Kier alpha value is -3.70. The fourth-order valence-corrected chi connectivity index (χ4v) is 5.09. The van der Waals surface area contributed by atoms with Gasteiger partial charge in [-0.25, -0.2) is 4.98 Å². The number of fused-ring (bicyclic) bond motifs is 1. The highest BCUT2D eigenvalue weighted by atomic mass is 16.5. The number of nitrogens with zero attached hydrogens (tertiary/aromatic N) is 6. The number of nitrogens with one attached hydrogen (secondary N) is 1. The summed E-state index contributed by atoms with van der Waals surface area (Å²) >= 11 is 0. The van der Waals surface area contributed by atoms with E-state index in [0.717, 1.165) is 66.7 Å². The third-order valence-electron chi connectivity index (χ3n) is 6.98. The number of hydrogen-bond acceptors (Lipinski definition) is 6. The van der Waals surface area contributed by atoms with E-state index in [1.165, 1.54) is 12.8 Å². The van der Waals surface area contributed by atoms with Crippen molar-refractivity contribution in [2.75, 3.05) is 18.5 Å². The molecule has 2 aliphatic rings. The van der Waals surface area contributed by atoms with Crippen molar-refractivity contribution in [1.29, 1.82) is 5.26 Å². The summed E-state index contributed by atoms with van der Waals surface area (Å²) in [5.74, 6) is 1.46. The molecule has 0 bridgehead atoms. The SMILES string of the molecule is N#Cc1ccc2c(ccn2-c2ncc(-c3cnn(C4CCOCC4)c3)c(NC3CCCC3)n2)c1. The summed E-state index contributed by atoms with van der Waals surface area (Å²) in [4.78, 5) is 9.73. The molecular formula is C26H27N7O. The van der Waals surface area contributed by atoms with Gasteiger partial charge in [0.15, 0.2) is 0 Å². The summed E-state index contributed by atoms with van der Waals surface area (Å²) in [6.45, 7) is 1.57. The van der Waals surface area contributed by atoms with Crippen LogP contribution in [-0.4, -0.2) is 43.6 Å². The van der Waals surface area contributed by atoms with Crippen LogP contribution in [0.5, 0.6) is 0 Å². The van der Waals surface area contributed by atoms with Crippen LogP contribution in [0.3, 0.4) is 0 Å². The number of hydrogen-bond donors (Lipinski definition) is 1. The van der Waals surface area contributed by atoms with E-state index in [-0.39, 0.29) is 0 Å². The van der Waals surface area contributed by atoms with Crippen LogP contribution in [-0.2, 0) is 4.74 Å². The largest absolute Gasteiger partial charge is 0.381 e. The van der Waals surface area contributed by atoms with Crippen LogP contribution in [0.2, 0.25) is 0 Å². The second kappa shape index (κ2) is 8.92. The molecule has 0 unspecified atom stereocenters. The highest BCUT2D eigenvalue weighted by Gasteiger charge is 2.21. The van der Waals surface area contributed by atoms with Gasteiger partial charge < -0.3 is 10.1 Å². The summed E-state index contributed by atoms with van der Waals surface area (Å²) in [5, 5.41) is 18.6. The number of rotatable bonds is 5. The van der Waals surface area contributed by atoms with E-state index in [2.05, 4.69) is 27.4 Å². The Morgan fingerprint density at radius 2 is 1.91 bits per heavy atom. The predicted molar refractivity (Wildman–Crippen MR) is 130 cm³/mol. The van der Waals surface area contributed by atoms with Crippen LogP contribution in [0.15, 0.2) is 49.1 Å². The lowest BCUT2D eigenvalue weighted by molar-refractivity contribution is 0.0662. The number of aromatic nitrogens is 5. The molecule has 8 heteroatoms. The minimum atomic E-state index is 0.374. The minimum absolute atomic E-state index is 0.374. The van der Waals surface area contributed by atoms with E-state index in [9.17, 15) is 5.26 Å². The van der Waals surface area contributed by atoms with E-state index in [4.69, 9.17) is 14.7 Å². The average Bonchev–Trinajstić information content (AvgIpc) is 3.65. The number of nitriles is 1. The van der Waals surface area contributed by atoms with E-state index >= 15 is 0 Å². The number of benzene rings is 1. The van der Waals surface area contributed by atoms with Gasteiger partial charge in [-0.3, -0.25) is 9.25 Å². The van der Waals surface area contributed by atoms with Gasteiger partial charge in [0.1, 0.15) is 5.82 Å². The van der Waals surface area contributed by atoms with Gasteiger partial charge in [0, 0.05) is 54.4 Å². The van der Waals surface area contributed by atoms with Crippen molar-refractivity contribution >= 4 is 16.7 Å². The second-order valence-corrected chi connectivity index (χ2v) is 9.18. The molecule has 0 amide bonds. The average molecular weight is 454 g/mol. The van der Waals surface area contributed by atoms with Crippen LogP contribution >= 0.6 is 0 Å². The van der Waals surface area contributed by atoms with Gasteiger partial charge >= 0.3 is 0 Å². The lowest BCUT2D eigenvalue weighted by Crippen LogP contribution is -2.19. The maximum atomic E-state index is 9.21. The van der Waals surface area contributed by atoms with Crippen molar-refractivity contribution in [2.24, 2.45) is 0 Å². The van der Waals surface area contributed by atoms with Gasteiger partial charge in [0.25, 0.3) is 0 Å². The lowest BCUT2D eigenvalue weighted by atomic mass is 10.1. The molecule has 4 heterocycles. The summed E-state index contributed by atoms with van der Waals surface area (Å²) < 4.78 is 9.55. The predicted octanol–water partition coefficient (Wildman–Crippen LogP) is 4.86. The first kappa shape index (κ1) is 20.9. The summed E-state index contributed by atoms with van der Waals surface area (Å²) in [6.07, 6.45) is 14.7. The van der Waals surface area contributed by atoms with Gasteiger partial charge in [0.05, 0.1) is 29.4 Å². The number of anilines is 1. The van der Waals surface area contributed by atoms with E-state index < -0.39 is 0 Å². The van der Waals surface area contributed by atoms with E-state index in [1.54, 1.807) is 0 Å². The van der Waals surface area contributed by atoms with Crippen molar-refractivity contribution < 1.29 is 4.74 Å². The summed E-state index contributed by atoms with van der Waals surface area (Å²) in [6, 6.07) is 10.7. The summed E-state index contributed by atoms with van der Waals surface area (Å²) in [7, 11) is 0. The molecule has 1 aliphatic carbocycles. The molecule has 172 valence electrons. The van der Waals surface area contributed by atoms with Crippen LogP contribution in [0.25, 0.3) is 28.0 Å². The molecule has 1 aliphatic heterocycles. The van der Waals surface area contributed by atoms with Crippen LogP contribution in [0, 0.1) is 11.3 Å². The van der Waals surface area contributed by atoms with Crippen molar-refractivity contribution in [3.8, 4) is 23.1 Å². The topological polar surface area (TPSA) is 93.6 Å². The van der Waals surface area contributed by atoms with Crippen LogP contribution < -0.4 is 5.32 Å². The molecule has 1 saturated carbocycles. The van der Waals surface area contributed by atoms with Crippen molar-refractivity contribution in [2.45, 2.75) is 50.6 Å². The van der Waals surface area contributed by atoms with E-state index in [1.807, 2.05) is 47.4 Å². The Bertz CT molecular complexity index is 1350. The Kier molecular flexibility index (Phi) is 5.47. The van der Waals surface area contributed by atoms with Gasteiger partial charge in [-0.1, -0.05) is 12.8 Å². The zero-order valence-corrected chi connectivity index (χ0v) is 19.0. The van der Waals surface area contributed by atoms with Gasteiger partial charge in [-0.2, -0.15) is 15.3 Å². The molecular weight excluding hydrogens is 426 g/mol. The van der Waals surface area contributed by atoms with Crippen LogP contribution in [0.4, 0.5) is 5.82 Å². The van der Waals surface area contributed by atoms with Crippen molar-refractivity contribution in [1.82, 2.24) is 24.3 Å². The highest BCUT2D eigenvalue weighted by molar-refractivity contribution is 5.83. The molecule has 0 spiro atoms. The Morgan fingerprint density at radius 3 is 2.74 bits per heavy atom. The Labute approximate surface area is 198 Å². The first-order valence-electron chi connectivity index (χ1n) is 12.1. The third-order valence-corrected chi connectivity index (χ3v) is 6.98. The summed E-state index contributed by atoms with van der Waals surface area (Å²) in [5.41, 5.74) is 3.62. The normalized spacial score (nSPS) is 17.3. The lowest BCUT2D eigenvalue weighted by Gasteiger charge is -2.22. The molecule has 0 radical (unpaired) electrons. The molecule has 8 nitrogen and oxygen atoms in total. The smallest absolute Gasteiger partial charge is 0.236 e. The third kappa shape index (κ3) is 3.93. The number of ether oxygens (including phenoxy) is 1. The van der Waals surface area contributed by atoms with Crippen molar-refractivity contribution in [3.63, 3.8) is 0 Å². The molecule has 2 fully saturated rings. The molecule has 6 rings (SSSR count). The fourth-order valence-electron chi connectivity index (χ4n) is 5.09. The molecule has 0 atom stereocenters. The standard InChI is InChI=1S/C26H27N7O/c27-14-18-5-6-24-19(13-18)7-10-32(24)26-28-16-23(25(31-26)30-21-3-1-2-4-21)20-15-29-33(17-20)22-8-11-34-12-9-22/h5-7,10,13,15-17,21-22H,1-4,8-9,11-12H2,(H,28,30,31). The first-order chi connectivity index (χ1) is 16.8. The molecule has 34 heavy (non-hydrogen) atoms. The van der Waals surface area contributed by atoms with Gasteiger partial charge in [0.2, 0.25) is 5.95 Å². The first-order valence-corrected chi connectivity index (χ1v) is 12.1. The molecule has 1 N–H and O–H groups in total. The highest BCUT2D eigenvalue weighted by Crippen LogP contribution is 2.32. The fraction of sp³-hybridized carbons (Fsp3) is 0.385. The van der Waals surface area contributed by atoms with E-state index in [0.29, 0.717) is 23.6 Å². The van der Waals surface area contributed by atoms with Crippen molar-refractivity contribution in [3.05, 3.63) is 54.6 Å². The second-order valence-electron chi connectivity index (χ2n) is 9.18.